The number of benzene rings is 1. The lowest BCUT2D eigenvalue weighted by Gasteiger charge is -2.28. The molecule has 1 saturated heterocycles. The fourth-order valence-electron chi connectivity index (χ4n) is 3.59. The lowest BCUT2D eigenvalue weighted by molar-refractivity contribution is 0.190. The van der Waals surface area contributed by atoms with Crippen LogP contribution in [0.15, 0.2) is 18.2 Å². The Kier molecular flexibility index (Phi) is 5.27. The van der Waals surface area contributed by atoms with Crippen molar-refractivity contribution in [2.75, 3.05) is 26.7 Å². The van der Waals surface area contributed by atoms with Gasteiger partial charge in [0.25, 0.3) is 0 Å². The molecule has 1 atom stereocenters. The molecule has 1 aliphatic heterocycles. The number of likely N-dealkylation sites (tertiary alicyclic amines) is 1. The first-order chi connectivity index (χ1) is 11.9. The molecule has 2 amide bonds. The van der Waals surface area contributed by atoms with Crippen LogP contribution >= 0.6 is 0 Å². The number of hydrogen-bond donors (Lipinski definition) is 1. The minimum atomic E-state index is -0.616. The summed E-state index contributed by atoms with van der Waals surface area (Å²) in [7, 11) is 1.77. The molecule has 1 aromatic rings. The molecule has 1 aliphatic carbocycles. The van der Waals surface area contributed by atoms with Crippen molar-refractivity contribution in [2.24, 2.45) is 0 Å². The summed E-state index contributed by atoms with van der Waals surface area (Å²) in [6, 6.07) is 3.76. The van der Waals surface area contributed by atoms with Crippen molar-refractivity contribution in [1.29, 1.82) is 0 Å². The molecule has 0 radical (unpaired) electrons. The Morgan fingerprint density at radius 2 is 1.84 bits per heavy atom. The molecule has 0 spiro atoms. The van der Waals surface area contributed by atoms with E-state index in [0.717, 1.165) is 25.6 Å². The zero-order valence-corrected chi connectivity index (χ0v) is 15.0. The zero-order chi connectivity index (χ0) is 18.0. The van der Waals surface area contributed by atoms with Gasteiger partial charge in [0.2, 0.25) is 0 Å². The van der Waals surface area contributed by atoms with E-state index in [-0.39, 0.29) is 6.03 Å². The smallest absolute Gasteiger partial charge is 0.317 e. The number of hydrogen-bond acceptors (Lipinski definition) is 2. The van der Waals surface area contributed by atoms with Gasteiger partial charge in [-0.25, -0.2) is 13.6 Å². The monoisotopic (exact) mass is 351 g/mol. The van der Waals surface area contributed by atoms with E-state index in [1.807, 2.05) is 0 Å². The number of rotatable bonds is 6. The van der Waals surface area contributed by atoms with Gasteiger partial charge < -0.3 is 15.1 Å². The maximum absolute atomic E-state index is 13.5. The standard InChI is InChI=1S/C19H27F2N3O/c1-14(24-8-3-4-9-24)5-10-23(2)18(25)22-19(6-7-19)15-11-16(20)13-17(21)12-15/h11-14H,3-10H2,1-2H3,(H,22,25)/t14-/m0/s1. The van der Waals surface area contributed by atoms with Crippen LogP contribution in [0.3, 0.4) is 0 Å². The van der Waals surface area contributed by atoms with Gasteiger partial charge >= 0.3 is 6.03 Å². The molecular formula is C19H27F2N3O. The van der Waals surface area contributed by atoms with Crippen LogP contribution in [-0.2, 0) is 5.54 Å². The Bertz CT molecular complexity index is 607. The third-order valence-electron chi connectivity index (χ3n) is 5.50. The number of urea groups is 1. The maximum Gasteiger partial charge on any atom is 0.317 e. The molecule has 6 heteroatoms. The number of carbonyl (C=O) groups is 1. The Hall–Kier alpha value is -1.69. The largest absolute Gasteiger partial charge is 0.328 e. The van der Waals surface area contributed by atoms with Crippen molar-refractivity contribution in [2.45, 2.75) is 50.6 Å². The highest BCUT2D eigenvalue weighted by Crippen LogP contribution is 2.46. The van der Waals surface area contributed by atoms with Gasteiger partial charge in [-0.15, -0.1) is 0 Å². The van der Waals surface area contributed by atoms with Gasteiger partial charge in [-0.2, -0.15) is 0 Å². The van der Waals surface area contributed by atoms with Gasteiger partial charge in [-0.05, 0) is 69.8 Å². The predicted octanol–water partition coefficient (Wildman–Crippen LogP) is 3.47. The minimum Gasteiger partial charge on any atom is -0.328 e. The zero-order valence-electron chi connectivity index (χ0n) is 15.0. The van der Waals surface area contributed by atoms with E-state index in [4.69, 9.17) is 0 Å². The van der Waals surface area contributed by atoms with Crippen LogP contribution in [0.4, 0.5) is 13.6 Å². The lowest BCUT2D eigenvalue weighted by atomic mass is 10.0. The van der Waals surface area contributed by atoms with Crippen LogP contribution in [-0.4, -0.2) is 48.6 Å². The predicted molar refractivity (Wildman–Crippen MR) is 93.3 cm³/mol. The summed E-state index contributed by atoms with van der Waals surface area (Å²) in [6.07, 6.45) is 4.85. The molecule has 0 unspecified atom stereocenters. The highest BCUT2D eigenvalue weighted by Gasteiger charge is 2.46. The van der Waals surface area contributed by atoms with Gasteiger partial charge in [0, 0.05) is 25.7 Å². The normalized spacial score (nSPS) is 20.3. The lowest BCUT2D eigenvalue weighted by Crippen LogP contribution is -2.44. The summed E-state index contributed by atoms with van der Waals surface area (Å²) in [4.78, 5) is 16.6. The average Bonchev–Trinajstić information content (AvgIpc) is 3.13. The molecule has 2 fully saturated rings. The summed E-state index contributed by atoms with van der Waals surface area (Å²) in [5, 5.41) is 2.97. The van der Waals surface area contributed by atoms with Gasteiger partial charge in [0.15, 0.2) is 0 Å². The van der Waals surface area contributed by atoms with Crippen LogP contribution in [0.2, 0.25) is 0 Å². The molecule has 1 heterocycles. The van der Waals surface area contributed by atoms with Crippen LogP contribution in [0, 0.1) is 11.6 Å². The molecule has 4 nitrogen and oxygen atoms in total. The summed E-state index contributed by atoms with van der Waals surface area (Å²) < 4.78 is 26.9. The van der Waals surface area contributed by atoms with Crippen LogP contribution in [0.5, 0.6) is 0 Å². The second-order valence-electron chi connectivity index (χ2n) is 7.47. The third-order valence-corrected chi connectivity index (χ3v) is 5.50. The van der Waals surface area contributed by atoms with E-state index in [1.54, 1.807) is 11.9 Å². The van der Waals surface area contributed by atoms with Crippen molar-refractivity contribution in [3.05, 3.63) is 35.4 Å². The van der Waals surface area contributed by atoms with E-state index in [0.29, 0.717) is 31.0 Å². The van der Waals surface area contributed by atoms with Crippen molar-refractivity contribution in [1.82, 2.24) is 15.1 Å². The Balaban J connectivity index is 1.54. The SMILES string of the molecule is C[C@@H](CCN(C)C(=O)NC1(c2cc(F)cc(F)c2)CC1)N1CCCC1. The van der Waals surface area contributed by atoms with Crippen molar-refractivity contribution >= 4 is 6.03 Å². The summed E-state index contributed by atoms with van der Waals surface area (Å²) in [6.45, 7) is 5.16. The van der Waals surface area contributed by atoms with Crippen LogP contribution in [0.1, 0.15) is 44.6 Å². The Labute approximate surface area is 148 Å². The van der Waals surface area contributed by atoms with Gasteiger partial charge in [-0.3, -0.25) is 0 Å². The first-order valence-electron chi connectivity index (χ1n) is 9.13. The molecule has 0 bridgehead atoms. The summed E-state index contributed by atoms with van der Waals surface area (Å²) in [5.41, 5.74) is -0.105. The molecular weight excluding hydrogens is 324 g/mol. The molecule has 1 aromatic carbocycles. The van der Waals surface area contributed by atoms with Crippen LogP contribution in [0.25, 0.3) is 0 Å². The number of nitrogens with one attached hydrogen (secondary N) is 1. The van der Waals surface area contributed by atoms with Gasteiger partial charge in [-0.1, -0.05) is 0 Å². The number of halogens is 2. The number of nitrogens with zero attached hydrogens (tertiary/aromatic N) is 2. The van der Waals surface area contributed by atoms with Gasteiger partial charge in [0.1, 0.15) is 11.6 Å². The van der Waals surface area contributed by atoms with E-state index in [2.05, 4.69) is 17.1 Å². The molecule has 138 valence electrons. The molecule has 25 heavy (non-hydrogen) atoms. The minimum absolute atomic E-state index is 0.184. The first kappa shape index (κ1) is 18.1. The summed E-state index contributed by atoms with van der Waals surface area (Å²) >= 11 is 0. The number of amides is 2. The van der Waals surface area contributed by atoms with Crippen molar-refractivity contribution in [3.63, 3.8) is 0 Å². The summed E-state index contributed by atoms with van der Waals surface area (Å²) in [5.74, 6) is -1.22. The maximum atomic E-state index is 13.5. The van der Waals surface area contributed by atoms with Crippen LogP contribution < -0.4 is 5.32 Å². The molecule has 0 aromatic heterocycles. The topological polar surface area (TPSA) is 35.6 Å². The fourth-order valence-corrected chi connectivity index (χ4v) is 3.59. The second-order valence-corrected chi connectivity index (χ2v) is 7.47. The van der Waals surface area contributed by atoms with Crippen molar-refractivity contribution < 1.29 is 13.6 Å². The quantitative estimate of drug-likeness (QED) is 0.852. The fraction of sp³-hybridized carbons (Fsp3) is 0.632. The highest BCUT2D eigenvalue weighted by molar-refractivity contribution is 5.75. The van der Waals surface area contributed by atoms with E-state index < -0.39 is 17.2 Å². The van der Waals surface area contributed by atoms with Gasteiger partial charge in [0.05, 0.1) is 5.54 Å². The number of carbonyl (C=O) groups excluding carboxylic acids is 1. The Morgan fingerprint density at radius 1 is 1.24 bits per heavy atom. The first-order valence-corrected chi connectivity index (χ1v) is 9.13. The molecule has 1 N–H and O–H groups in total. The highest BCUT2D eigenvalue weighted by atomic mass is 19.1. The molecule has 2 aliphatic rings. The Morgan fingerprint density at radius 3 is 2.40 bits per heavy atom. The van der Waals surface area contributed by atoms with E-state index >= 15 is 0 Å². The van der Waals surface area contributed by atoms with Crippen molar-refractivity contribution in [3.8, 4) is 0 Å². The second kappa shape index (κ2) is 7.28. The van der Waals surface area contributed by atoms with E-state index in [1.165, 1.54) is 25.0 Å². The third kappa shape index (κ3) is 4.29. The molecule has 1 saturated carbocycles. The molecule has 3 rings (SSSR count). The van der Waals surface area contributed by atoms with E-state index in [9.17, 15) is 13.6 Å². The average molecular weight is 351 g/mol.